The predicted octanol–water partition coefficient (Wildman–Crippen LogP) is 2.90. The van der Waals surface area contributed by atoms with Gasteiger partial charge >= 0.3 is 0 Å². The molecular weight excluding hydrogens is 158 g/mol. The molecule has 1 saturated heterocycles. The lowest BCUT2D eigenvalue weighted by Crippen LogP contribution is -2.18. The van der Waals surface area contributed by atoms with Gasteiger partial charge in [-0.25, -0.2) is 0 Å². The van der Waals surface area contributed by atoms with E-state index in [1.165, 1.54) is 19.4 Å². The maximum absolute atomic E-state index is 2.64. The highest BCUT2D eigenvalue weighted by molar-refractivity contribution is 5.39. The summed E-state index contributed by atoms with van der Waals surface area (Å²) in [6.45, 7) is 3.47. The molecule has 0 spiro atoms. The minimum absolute atomic E-state index is 0.742. The summed E-state index contributed by atoms with van der Waals surface area (Å²) in [5.41, 5.74) is 3.20. The van der Waals surface area contributed by atoms with Crippen LogP contribution < -0.4 is 0 Å². The van der Waals surface area contributed by atoms with Crippen molar-refractivity contribution >= 4 is 0 Å². The Morgan fingerprint density at radius 2 is 1.69 bits per heavy atom. The highest BCUT2D eigenvalue weighted by atomic mass is 15.2. The maximum Gasteiger partial charge on any atom is 0.0358 e. The van der Waals surface area contributed by atoms with Crippen molar-refractivity contribution < 1.29 is 0 Å². The molecule has 68 valence electrons. The number of benzene rings is 1. The smallest absolute Gasteiger partial charge is 0.0358 e. The first-order valence-corrected chi connectivity index (χ1v) is 5.26. The molecule has 0 N–H and O–H groups in total. The summed E-state index contributed by atoms with van der Waals surface area (Å²) < 4.78 is 0. The minimum atomic E-state index is 0.742. The fraction of sp³-hybridized carbons (Fsp3) is 0.500. The van der Waals surface area contributed by atoms with Crippen molar-refractivity contribution in [2.75, 3.05) is 6.54 Å². The Hall–Kier alpha value is -0.820. The van der Waals surface area contributed by atoms with Crippen molar-refractivity contribution in [3.05, 3.63) is 35.4 Å². The van der Waals surface area contributed by atoms with Gasteiger partial charge in [-0.3, -0.25) is 4.90 Å². The molecule has 1 heteroatoms. The van der Waals surface area contributed by atoms with E-state index in [0.29, 0.717) is 0 Å². The van der Waals surface area contributed by atoms with E-state index in [1.807, 2.05) is 0 Å². The normalized spacial score (nSPS) is 30.8. The summed E-state index contributed by atoms with van der Waals surface area (Å²) in [5.74, 6) is 0. The molecule has 1 fully saturated rings. The van der Waals surface area contributed by atoms with Crippen molar-refractivity contribution in [3.8, 4) is 0 Å². The quantitative estimate of drug-likeness (QED) is 0.631. The zero-order chi connectivity index (χ0) is 8.84. The number of fused-ring (bicyclic) bond motifs is 5. The second-order valence-corrected chi connectivity index (χ2v) is 4.07. The second kappa shape index (κ2) is 2.58. The Kier molecular flexibility index (Phi) is 1.50. The summed E-state index contributed by atoms with van der Waals surface area (Å²) in [5, 5.41) is 0. The zero-order valence-electron chi connectivity index (χ0n) is 8.03. The molecule has 3 rings (SSSR count). The molecule has 2 atom stereocenters. The molecule has 0 saturated carbocycles. The van der Waals surface area contributed by atoms with Crippen LogP contribution in [0.25, 0.3) is 0 Å². The number of hydrogen-bond donors (Lipinski definition) is 0. The molecule has 0 aromatic heterocycles. The van der Waals surface area contributed by atoms with E-state index in [1.54, 1.807) is 11.1 Å². The fourth-order valence-electron chi connectivity index (χ4n) is 3.09. The third kappa shape index (κ3) is 0.856. The Morgan fingerprint density at radius 1 is 1.15 bits per heavy atom. The Bertz CT molecular complexity index is 301. The lowest BCUT2D eigenvalue weighted by atomic mass is 9.92. The highest BCUT2D eigenvalue weighted by Gasteiger charge is 2.42. The van der Waals surface area contributed by atoms with Crippen LogP contribution in [0.1, 0.15) is 43.0 Å². The van der Waals surface area contributed by atoms with Crippen LogP contribution in [0.5, 0.6) is 0 Å². The van der Waals surface area contributed by atoms with Crippen molar-refractivity contribution in [3.63, 3.8) is 0 Å². The van der Waals surface area contributed by atoms with Gasteiger partial charge < -0.3 is 0 Å². The molecule has 2 aliphatic rings. The van der Waals surface area contributed by atoms with Crippen LogP contribution in [0.3, 0.4) is 0 Å². The third-order valence-corrected chi connectivity index (χ3v) is 3.59. The molecule has 0 amide bonds. The van der Waals surface area contributed by atoms with E-state index < -0.39 is 0 Å². The van der Waals surface area contributed by atoms with Crippen LogP contribution in [-0.4, -0.2) is 11.4 Å². The van der Waals surface area contributed by atoms with Crippen molar-refractivity contribution in [2.45, 2.75) is 31.8 Å². The Labute approximate surface area is 79.4 Å². The van der Waals surface area contributed by atoms with Gasteiger partial charge in [0.25, 0.3) is 0 Å². The molecular formula is C12H15N. The van der Waals surface area contributed by atoms with E-state index in [0.717, 1.165) is 12.1 Å². The SMILES string of the molecule is CCN1C2CCC1c1ccccc12. The molecule has 0 radical (unpaired) electrons. The van der Waals surface area contributed by atoms with Crippen molar-refractivity contribution in [1.29, 1.82) is 0 Å². The minimum Gasteiger partial charge on any atom is -0.290 e. The number of rotatable bonds is 1. The summed E-state index contributed by atoms with van der Waals surface area (Å²) in [7, 11) is 0. The van der Waals surface area contributed by atoms with Gasteiger partial charge in [-0.1, -0.05) is 31.2 Å². The molecule has 1 aromatic carbocycles. The zero-order valence-corrected chi connectivity index (χ0v) is 8.03. The monoisotopic (exact) mass is 173 g/mol. The van der Waals surface area contributed by atoms with Gasteiger partial charge in [0.15, 0.2) is 0 Å². The molecule has 2 unspecified atom stereocenters. The van der Waals surface area contributed by atoms with Crippen molar-refractivity contribution in [1.82, 2.24) is 4.90 Å². The van der Waals surface area contributed by atoms with Crippen LogP contribution in [0, 0.1) is 0 Å². The van der Waals surface area contributed by atoms with Gasteiger partial charge in [-0.2, -0.15) is 0 Å². The van der Waals surface area contributed by atoms with Crippen LogP contribution in [0.15, 0.2) is 24.3 Å². The van der Waals surface area contributed by atoms with Crippen LogP contribution in [-0.2, 0) is 0 Å². The van der Waals surface area contributed by atoms with Crippen LogP contribution in [0.4, 0.5) is 0 Å². The predicted molar refractivity (Wildman–Crippen MR) is 53.5 cm³/mol. The van der Waals surface area contributed by atoms with E-state index >= 15 is 0 Å². The fourth-order valence-corrected chi connectivity index (χ4v) is 3.09. The lowest BCUT2D eigenvalue weighted by molar-refractivity contribution is 0.236. The number of hydrogen-bond acceptors (Lipinski definition) is 1. The van der Waals surface area contributed by atoms with Gasteiger partial charge in [0.05, 0.1) is 0 Å². The Balaban J connectivity index is 2.12. The highest BCUT2D eigenvalue weighted by Crippen LogP contribution is 2.52. The van der Waals surface area contributed by atoms with Gasteiger partial charge in [0, 0.05) is 12.1 Å². The largest absolute Gasteiger partial charge is 0.290 e. The second-order valence-electron chi connectivity index (χ2n) is 4.07. The summed E-state index contributed by atoms with van der Waals surface area (Å²) in [6, 6.07) is 10.4. The van der Waals surface area contributed by atoms with Gasteiger partial charge in [-0.15, -0.1) is 0 Å². The average molecular weight is 173 g/mol. The molecule has 13 heavy (non-hydrogen) atoms. The molecule has 2 heterocycles. The first-order valence-electron chi connectivity index (χ1n) is 5.26. The average Bonchev–Trinajstić information content (AvgIpc) is 2.73. The lowest BCUT2D eigenvalue weighted by Gasteiger charge is -2.18. The van der Waals surface area contributed by atoms with Gasteiger partial charge in [-0.05, 0) is 30.5 Å². The first-order chi connectivity index (χ1) is 6.42. The Morgan fingerprint density at radius 3 is 2.15 bits per heavy atom. The molecule has 2 aliphatic heterocycles. The summed E-state index contributed by atoms with van der Waals surface area (Å²) in [6.07, 6.45) is 2.74. The maximum atomic E-state index is 2.64. The topological polar surface area (TPSA) is 3.24 Å². The molecule has 1 nitrogen and oxygen atoms in total. The molecule has 1 aromatic rings. The summed E-state index contributed by atoms with van der Waals surface area (Å²) in [4.78, 5) is 2.64. The summed E-state index contributed by atoms with van der Waals surface area (Å²) >= 11 is 0. The van der Waals surface area contributed by atoms with Crippen LogP contribution >= 0.6 is 0 Å². The van der Waals surface area contributed by atoms with E-state index in [-0.39, 0.29) is 0 Å². The van der Waals surface area contributed by atoms with Crippen LogP contribution in [0.2, 0.25) is 0 Å². The number of nitrogens with zero attached hydrogens (tertiary/aromatic N) is 1. The molecule has 2 bridgehead atoms. The van der Waals surface area contributed by atoms with Gasteiger partial charge in [0.1, 0.15) is 0 Å². The standard InChI is InChI=1S/C12H15N/c1-2-13-11-7-8-12(13)10-6-4-3-5-9(10)11/h3-6,11-12H,2,7-8H2,1H3. The van der Waals surface area contributed by atoms with E-state index in [4.69, 9.17) is 0 Å². The van der Waals surface area contributed by atoms with E-state index in [2.05, 4.69) is 36.1 Å². The van der Waals surface area contributed by atoms with E-state index in [9.17, 15) is 0 Å². The molecule has 0 aliphatic carbocycles. The first kappa shape index (κ1) is 7.57. The van der Waals surface area contributed by atoms with Crippen molar-refractivity contribution in [2.24, 2.45) is 0 Å². The third-order valence-electron chi connectivity index (χ3n) is 3.59. The van der Waals surface area contributed by atoms with Gasteiger partial charge in [0.2, 0.25) is 0 Å².